The second kappa shape index (κ2) is 7.75. The average molecular weight is 314 g/mol. The van der Waals surface area contributed by atoms with Crippen LogP contribution >= 0.6 is 0 Å². The number of aryl methyl sites for hydroxylation is 2. The van der Waals surface area contributed by atoms with Gasteiger partial charge in [-0.3, -0.25) is 0 Å². The van der Waals surface area contributed by atoms with Gasteiger partial charge in [0.2, 0.25) is 0 Å². The van der Waals surface area contributed by atoms with Gasteiger partial charge in [-0.15, -0.1) is 0 Å². The zero-order valence-corrected chi connectivity index (χ0v) is 15.7. The van der Waals surface area contributed by atoms with E-state index in [0.29, 0.717) is 5.39 Å². The van der Waals surface area contributed by atoms with Crippen molar-refractivity contribution in [1.29, 1.82) is 0 Å². The SMILES string of the molecule is CCCc1ccc(S(=O)(=O)[O-])c2c(CCC)cccc12.[Na+]. The molecule has 5 heteroatoms. The van der Waals surface area contributed by atoms with E-state index in [1.165, 1.54) is 6.07 Å². The van der Waals surface area contributed by atoms with Crippen LogP contribution < -0.4 is 29.6 Å². The fraction of sp³-hybridized carbons (Fsp3) is 0.375. The largest absolute Gasteiger partial charge is 1.00 e. The van der Waals surface area contributed by atoms with Crippen LogP contribution in [0.4, 0.5) is 0 Å². The molecule has 0 bridgehead atoms. The molecule has 2 rings (SSSR count). The van der Waals surface area contributed by atoms with Crippen LogP contribution in [0.2, 0.25) is 0 Å². The molecule has 0 amide bonds. The summed E-state index contributed by atoms with van der Waals surface area (Å²) in [5.74, 6) is 0. The van der Waals surface area contributed by atoms with Crippen molar-refractivity contribution < 1.29 is 42.5 Å². The zero-order chi connectivity index (χ0) is 14.8. The molecule has 2 aromatic rings. The van der Waals surface area contributed by atoms with Gasteiger partial charge in [-0.1, -0.05) is 51.0 Å². The standard InChI is InChI=1S/C16H20O3S.Na/c1-3-6-12-10-11-15(20(17,18)19)16-13(7-4-2)8-5-9-14(12)16;/h5,8-11H,3-4,6-7H2,1-2H3,(H,17,18,19);/q;+1/p-1. The van der Waals surface area contributed by atoms with Crippen molar-refractivity contribution >= 4 is 20.9 Å². The number of hydrogen-bond donors (Lipinski definition) is 0. The maximum absolute atomic E-state index is 11.5. The van der Waals surface area contributed by atoms with E-state index in [2.05, 4.69) is 6.92 Å². The van der Waals surface area contributed by atoms with Gasteiger partial charge in [-0.25, -0.2) is 8.42 Å². The minimum atomic E-state index is -4.45. The minimum Gasteiger partial charge on any atom is -0.744 e. The molecule has 0 aliphatic rings. The van der Waals surface area contributed by atoms with Gasteiger partial charge in [-0.2, -0.15) is 0 Å². The van der Waals surface area contributed by atoms with Gasteiger partial charge < -0.3 is 4.55 Å². The van der Waals surface area contributed by atoms with Gasteiger partial charge in [0.05, 0.1) is 4.90 Å². The van der Waals surface area contributed by atoms with Crippen molar-refractivity contribution in [3.8, 4) is 0 Å². The van der Waals surface area contributed by atoms with Gasteiger partial charge in [-0.05, 0) is 35.4 Å². The van der Waals surface area contributed by atoms with Gasteiger partial charge >= 0.3 is 29.6 Å². The first-order valence-electron chi connectivity index (χ1n) is 6.98. The Bertz CT molecular complexity index is 724. The molecule has 0 aliphatic carbocycles. The fourth-order valence-electron chi connectivity index (χ4n) is 2.68. The minimum absolute atomic E-state index is 0. The van der Waals surface area contributed by atoms with E-state index in [9.17, 15) is 13.0 Å². The molecule has 0 atom stereocenters. The molecule has 21 heavy (non-hydrogen) atoms. The molecular weight excluding hydrogens is 295 g/mol. The molecule has 108 valence electrons. The van der Waals surface area contributed by atoms with Gasteiger partial charge in [0, 0.05) is 5.39 Å². The maximum Gasteiger partial charge on any atom is 1.00 e. The third kappa shape index (κ3) is 4.08. The molecule has 0 aromatic heterocycles. The van der Waals surface area contributed by atoms with Crippen molar-refractivity contribution in [2.75, 3.05) is 0 Å². The molecule has 0 unspecified atom stereocenters. The predicted molar refractivity (Wildman–Crippen MR) is 79.9 cm³/mol. The third-order valence-electron chi connectivity index (χ3n) is 3.49. The fourth-order valence-corrected chi connectivity index (χ4v) is 3.41. The molecule has 3 nitrogen and oxygen atoms in total. The summed E-state index contributed by atoms with van der Waals surface area (Å²) in [6.07, 6.45) is 3.55. The summed E-state index contributed by atoms with van der Waals surface area (Å²) in [5.41, 5.74) is 2.05. The van der Waals surface area contributed by atoms with E-state index in [4.69, 9.17) is 0 Å². The number of fused-ring (bicyclic) bond motifs is 1. The van der Waals surface area contributed by atoms with E-state index >= 15 is 0 Å². The normalized spacial score (nSPS) is 11.4. The molecule has 0 fully saturated rings. The zero-order valence-electron chi connectivity index (χ0n) is 12.8. The Labute approximate surface area is 148 Å². The summed E-state index contributed by atoms with van der Waals surface area (Å²) in [5, 5.41) is 1.52. The second-order valence-corrected chi connectivity index (χ2v) is 6.36. The molecule has 0 aliphatic heterocycles. The van der Waals surface area contributed by atoms with E-state index in [-0.39, 0.29) is 34.5 Å². The molecule has 0 radical (unpaired) electrons. The van der Waals surface area contributed by atoms with E-state index in [0.717, 1.165) is 42.2 Å². The van der Waals surface area contributed by atoms with Crippen LogP contribution in [-0.2, 0) is 23.0 Å². The quantitative estimate of drug-likeness (QED) is 0.601. The van der Waals surface area contributed by atoms with Crippen molar-refractivity contribution in [2.24, 2.45) is 0 Å². The number of hydrogen-bond acceptors (Lipinski definition) is 3. The summed E-state index contributed by atoms with van der Waals surface area (Å²) in [4.78, 5) is -0.0867. The van der Waals surface area contributed by atoms with Crippen molar-refractivity contribution in [3.63, 3.8) is 0 Å². The Kier molecular flexibility index (Phi) is 6.88. The van der Waals surface area contributed by atoms with Gasteiger partial charge in [0.25, 0.3) is 0 Å². The first-order valence-corrected chi connectivity index (χ1v) is 8.39. The predicted octanol–water partition coefficient (Wildman–Crippen LogP) is 0.653. The third-order valence-corrected chi connectivity index (χ3v) is 4.37. The molecule has 0 N–H and O–H groups in total. The van der Waals surface area contributed by atoms with Crippen LogP contribution in [0.5, 0.6) is 0 Å². The number of benzene rings is 2. The summed E-state index contributed by atoms with van der Waals surface area (Å²) >= 11 is 0. The molecule has 0 saturated carbocycles. The van der Waals surface area contributed by atoms with Crippen molar-refractivity contribution in [3.05, 3.63) is 41.5 Å². The van der Waals surface area contributed by atoms with Crippen LogP contribution in [0.15, 0.2) is 35.2 Å². The van der Waals surface area contributed by atoms with E-state index < -0.39 is 10.1 Å². The first-order chi connectivity index (χ1) is 9.49. The molecule has 2 aromatic carbocycles. The van der Waals surface area contributed by atoms with E-state index in [1.807, 2.05) is 25.1 Å². The Morgan fingerprint density at radius 3 is 2.14 bits per heavy atom. The topological polar surface area (TPSA) is 57.2 Å². The molecule has 0 spiro atoms. The second-order valence-electron chi connectivity index (χ2n) is 5.02. The molecule has 0 heterocycles. The summed E-state index contributed by atoms with van der Waals surface area (Å²) in [6, 6.07) is 9.00. The Hall–Kier alpha value is -0.390. The Balaban J connectivity index is 0.00000220. The summed E-state index contributed by atoms with van der Waals surface area (Å²) in [6.45, 7) is 4.13. The smallest absolute Gasteiger partial charge is 0.744 e. The Morgan fingerprint density at radius 2 is 1.57 bits per heavy atom. The molecular formula is C16H19NaO3S. The maximum atomic E-state index is 11.5. The first kappa shape index (κ1) is 18.7. The van der Waals surface area contributed by atoms with Crippen LogP contribution in [0.25, 0.3) is 10.8 Å². The van der Waals surface area contributed by atoms with Gasteiger partial charge in [0.15, 0.2) is 0 Å². The van der Waals surface area contributed by atoms with Crippen molar-refractivity contribution in [1.82, 2.24) is 0 Å². The van der Waals surface area contributed by atoms with Crippen molar-refractivity contribution in [2.45, 2.75) is 44.4 Å². The molecule has 0 saturated heterocycles. The van der Waals surface area contributed by atoms with Crippen LogP contribution in [-0.4, -0.2) is 13.0 Å². The number of rotatable bonds is 5. The van der Waals surface area contributed by atoms with Crippen LogP contribution in [0, 0.1) is 0 Å². The monoisotopic (exact) mass is 314 g/mol. The summed E-state index contributed by atoms with van der Waals surface area (Å²) < 4.78 is 34.6. The Morgan fingerprint density at radius 1 is 0.952 bits per heavy atom. The summed E-state index contributed by atoms with van der Waals surface area (Å²) in [7, 11) is -4.45. The van der Waals surface area contributed by atoms with Gasteiger partial charge in [0.1, 0.15) is 10.1 Å². The average Bonchev–Trinajstić information content (AvgIpc) is 2.39. The van der Waals surface area contributed by atoms with E-state index in [1.54, 1.807) is 6.07 Å². The van der Waals surface area contributed by atoms with Crippen LogP contribution in [0.3, 0.4) is 0 Å². The van der Waals surface area contributed by atoms with Crippen LogP contribution in [0.1, 0.15) is 37.8 Å².